The van der Waals surface area contributed by atoms with Crippen LogP contribution < -0.4 is 5.32 Å². The first-order chi connectivity index (χ1) is 10.1. The van der Waals surface area contributed by atoms with Gasteiger partial charge in [-0.2, -0.15) is 5.10 Å². The second-order valence-corrected chi connectivity index (χ2v) is 4.66. The molecule has 3 rings (SSSR count). The lowest BCUT2D eigenvalue weighted by atomic mass is 10.1. The van der Waals surface area contributed by atoms with Gasteiger partial charge in [0.15, 0.2) is 0 Å². The average Bonchev–Trinajstić information content (AvgIpc) is 2.90. The second-order valence-electron chi connectivity index (χ2n) is 4.66. The minimum Gasteiger partial charge on any atom is -0.380 e. The molecule has 0 radical (unpaired) electrons. The van der Waals surface area contributed by atoms with Crippen molar-refractivity contribution in [2.75, 3.05) is 5.32 Å². The Balaban J connectivity index is 1.96. The highest BCUT2D eigenvalue weighted by Crippen LogP contribution is 2.29. The van der Waals surface area contributed by atoms with E-state index < -0.39 is 4.92 Å². The predicted molar refractivity (Wildman–Crippen MR) is 78.9 cm³/mol. The van der Waals surface area contributed by atoms with E-state index in [0.29, 0.717) is 12.1 Å². The number of pyridine rings is 1. The average molecular weight is 283 g/mol. The molecule has 3 aromatic rings. The zero-order chi connectivity index (χ0) is 14.8. The fourth-order valence-electron chi connectivity index (χ4n) is 2.22. The maximum atomic E-state index is 11.0. The molecule has 0 aliphatic carbocycles. The summed E-state index contributed by atoms with van der Waals surface area (Å²) >= 11 is 0. The molecule has 7 heteroatoms. The molecule has 1 N–H and O–H groups in total. The van der Waals surface area contributed by atoms with Gasteiger partial charge in [-0.15, -0.1) is 0 Å². The maximum absolute atomic E-state index is 11.0. The number of anilines is 1. The molecule has 0 spiro atoms. The van der Waals surface area contributed by atoms with Crippen molar-refractivity contribution >= 4 is 22.3 Å². The van der Waals surface area contributed by atoms with Gasteiger partial charge in [0, 0.05) is 48.7 Å². The van der Waals surface area contributed by atoms with Crippen LogP contribution in [0.5, 0.6) is 0 Å². The third-order valence-electron chi connectivity index (χ3n) is 3.19. The summed E-state index contributed by atoms with van der Waals surface area (Å²) in [6.45, 7) is 0.593. The third-order valence-corrected chi connectivity index (χ3v) is 3.19. The molecule has 106 valence electrons. The van der Waals surface area contributed by atoms with Gasteiger partial charge in [-0.3, -0.25) is 14.8 Å². The maximum Gasteiger partial charge on any atom is 0.295 e. The first kappa shape index (κ1) is 13.0. The summed E-state index contributed by atoms with van der Waals surface area (Å²) in [6.07, 6.45) is 5.25. The number of nitrogens with one attached hydrogen (secondary N) is 1. The number of aryl methyl sites for hydroxylation is 1. The first-order valence-electron chi connectivity index (χ1n) is 6.38. The van der Waals surface area contributed by atoms with Crippen LogP contribution in [0.25, 0.3) is 10.9 Å². The van der Waals surface area contributed by atoms with Crippen LogP contribution in [0, 0.1) is 10.1 Å². The van der Waals surface area contributed by atoms with E-state index >= 15 is 0 Å². The molecule has 0 fully saturated rings. The van der Waals surface area contributed by atoms with E-state index in [0.717, 1.165) is 16.6 Å². The van der Waals surface area contributed by atoms with Crippen molar-refractivity contribution in [2.24, 2.45) is 7.05 Å². The Morgan fingerprint density at radius 1 is 1.38 bits per heavy atom. The predicted octanol–water partition coefficient (Wildman–Crippen LogP) is 2.49. The SMILES string of the molecule is Cn1cc(CNc2ccc([N+](=O)[O-])c3ncccc23)cn1. The molecular formula is C14H13N5O2. The van der Waals surface area contributed by atoms with Crippen molar-refractivity contribution in [3.63, 3.8) is 0 Å². The lowest BCUT2D eigenvalue weighted by molar-refractivity contribution is -0.383. The van der Waals surface area contributed by atoms with Gasteiger partial charge in [-0.05, 0) is 18.2 Å². The Morgan fingerprint density at radius 3 is 2.95 bits per heavy atom. The van der Waals surface area contributed by atoms with Crippen molar-refractivity contribution in [2.45, 2.75) is 6.54 Å². The largest absolute Gasteiger partial charge is 0.380 e. The number of nitrogens with zero attached hydrogens (tertiary/aromatic N) is 4. The smallest absolute Gasteiger partial charge is 0.295 e. The van der Waals surface area contributed by atoms with Crippen LogP contribution in [0.2, 0.25) is 0 Å². The number of hydrogen-bond acceptors (Lipinski definition) is 5. The molecule has 0 saturated carbocycles. The number of hydrogen-bond donors (Lipinski definition) is 1. The van der Waals surface area contributed by atoms with Crippen molar-refractivity contribution in [1.29, 1.82) is 0 Å². The molecule has 0 aliphatic rings. The third kappa shape index (κ3) is 2.53. The number of nitro benzene ring substituents is 1. The molecule has 21 heavy (non-hydrogen) atoms. The van der Waals surface area contributed by atoms with Gasteiger partial charge in [-0.1, -0.05) is 0 Å². The fourth-order valence-corrected chi connectivity index (χ4v) is 2.22. The van der Waals surface area contributed by atoms with Crippen LogP contribution in [0.3, 0.4) is 0 Å². The van der Waals surface area contributed by atoms with E-state index in [4.69, 9.17) is 0 Å². The number of non-ortho nitro benzene ring substituents is 1. The van der Waals surface area contributed by atoms with Crippen LogP contribution in [0.1, 0.15) is 5.56 Å². The van der Waals surface area contributed by atoms with Crippen LogP contribution >= 0.6 is 0 Å². The molecule has 0 atom stereocenters. The summed E-state index contributed by atoms with van der Waals surface area (Å²) < 4.78 is 1.73. The minimum atomic E-state index is -0.416. The first-order valence-corrected chi connectivity index (χ1v) is 6.38. The molecule has 2 aromatic heterocycles. The van der Waals surface area contributed by atoms with Gasteiger partial charge in [0.25, 0.3) is 5.69 Å². The van der Waals surface area contributed by atoms with E-state index in [1.165, 1.54) is 6.07 Å². The van der Waals surface area contributed by atoms with Crippen LogP contribution in [0.15, 0.2) is 42.9 Å². The molecule has 1 aromatic carbocycles. The van der Waals surface area contributed by atoms with E-state index in [2.05, 4.69) is 15.4 Å². The second kappa shape index (κ2) is 5.20. The Bertz CT molecular complexity index is 812. The van der Waals surface area contributed by atoms with Gasteiger partial charge >= 0.3 is 0 Å². The molecule has 2 heterocycles. The number of benzene rings is 1. The molecule has 7 nitrogen and oxygen atoms in total. The lowest BCUT2D eigenvalue weighted by Crippen LogP contribution is -2.00. The topological polar surface area (TPSA) is 85.9 Å². The number of rotatable bonds is 4. The van der Waals surface area contributed by atoms with Crippen LogP contribution in [-0.4, -0.2) is 19.7 Å². The van der Waals surface area contributed by atoms with Gasteiger partial charge in [-0.25, -0.2) is 4.98 Å². The van der Waals surface area contributed by atoms with Gasteiger partial charge in [0.05, 0.1) is 11.1 Å². The summed E-state index contributed by atoms with van der Waals surface area (Å²) in [5.74, 6) is 0. The Kier molecular flexibility index (Phi) is 3.23. The molecular weight excluding hydrogens is 270 g/mol. The van der Waals surface area contributed by atoms with Crippen molar-refractivity contribution in [1.82, 2.24) is 14.8 Å². The van der Waals surface area contributed by atoms with Gasteiger partial charge in [0.1, 0.15) is 5.52 Å². The zero-order valence-corrected chi connectivity index (χ0v) is 11.4. The summed E-state index contributed by atoms with van der Waals surface area (Å²) in [5.41, 5.74) is 2.25. The highest BCUT2D eigenvalue weighted by molar-refractivity contribution is 5.96. The number of fused-ring (bicyclic) bond motifs is 1. The molecule has 0 unspecified atom stereocenters. The quantitative estimate of drug-likeness (QED) is 0.587. The van der Waals surface area contributed by atoms with Gasteiger partial charge < -0.3 is 5.32 Å². The van der Waals surface area contributed by atoms with Crippen molar-refractivity contribution in [3.8, 4) is 0 Å². The normalized spacial score (nSPS) is 10.7. The van der Waals surface area contributed by atoms with E-state index in [9.17, 15) is 10.1 Å². The van der Waals surface area contributed by atoms with E-state index in [1.807, 2.05) is 19.3 Å². The minimum absolute atomic E-state index is 0.0116. The van der Waals surface area contributed by atoms with E-state index in [-0.39, 0.29) is 5.69 Å². The van der Waals surface area contributed by atoms with Gasteiger partial charge in [0.2, 0.25) is 0 Å². The van der Waals surface area contributed by atoms with Crippen LogP contribution in [0.4, 0.5) is 11.4 Å². The summed E-state index contributed by atoms with van der Waals surface area (Å²) in [5, 5.41) is 19.1. The molecule has 0 aliphatic heterocycles. The highest BCUT2D eigenvalue weighted by Gasteiger charge is 2.15. The summed E-state index contributed by atoms with van der Waals surface area (Å²) in [7, 11) is 1.86. The van der Waals surface area contributed by atoms with Crippen molar-refractivity contribution < 1.29 is 4.92 Å². The molecule has 0 amide bonds. The summed E-state index contributed by atoms with van der Waals surface area (Å²) in [4.78, 5) is 14.8. The Hall–Kier alpha value is -2.96. The Labute approximate surface area is 120 Å². The van der Waals surface area contributed by atoms with E-state index in [1.54, 1.807) is 29.2 Å². The summed E-state index contributed by atoms with van der Waals surface area (Å²) in [6, 6.07) is 6.77. The van der Waals surface area contributed by atoms with Crippen LogP contribution in [-0.2, 0) is 13.6 Å². The lowest BCUT2D eigenvalue weighted by Gasteiger charge is -2.08. The fraction of sp³-hybridized carbons (Fsp3) is 0.143. The standard InChI is InChI=1S/C14H13N5O2/c1-18-9-10(8-17-18)7-16-12-4-5-13(19(20)21)14-11(12)3-2-6-15-14/h2-6,8-9,16H,7H2,1H3. The molecule has 0 bridgehead atoms. The number of aromatic nitrogens is 3. The Morgan fingerprint density at radius 2 is 2.24 bits per heavy atom. The highest BCUT2D eigenvalue weighted by atomic mass is 16.6. The molecule has 0 saturated heterocycles. The number of nitro groups is 1. The van der Waals surface area contributed by atoms with Crippen molar-refractivity contribution in [3.05, 3.63) is 58.5 Å². The monoisotopic (exact) mass is 283 g/mol. The zero-order valence-electron chi connectivity index (χ0n) is 11.4.